The van der Waals surface area contributed by atoms with E-state index < -0.39 is 18.1 Å². The molecule has 1 amide bonds. The maximum Gasteiger partial charge on any atom is 0.328 e. The minimum absolute atomic E-state index is 0.283. The molecule has 0 unspecified atom stereocenters. The highest BCUT2D eigenvalue weighted by molar-refractivity contribution is 5.87. The van der Waals surface area contributed by atoms with Crippen LogP contribution < -0.4 is 5.32 Å². The molecule has 0 saturated carbocycles. The van der Waals surface area contributed by atoms with Crippen LogP contribution in [0.25, 0.3) is 0 Å². The summed E-state index contributed by atoms with van der Waals surface area (Å²) in [6.07, 6.45) is -0.738. The molecule has 0 bridgehead atoms. The molecule has 0 aromatic heterocycles. The van der Waals surface area contributed by atoms with Gasteiger partial charge in [-0.25, -0.2) is 4.79 Å². The van der Waals surface area contributed by atoms with E-state index in [4.69, 9.17) is 9.47 Å². The Bertz CT molecular complexity index is 419. The second kappa shape index (κ2) is 7.53. The van der Waals surface area contributed by atoms with Gasteiger partial charge in [0.2, 0.25) is 0 Å². The number of amides is 1. The first-order chi connectivity index (χ1) is 9.10. The van der Waals surface area contributed by atoms with Crippen LogP contribution in [0.3, 0.4) is 0 Å². The average molecular weight is 265 g/mol. The molecule has 5 nitrogen and oxygen atoms in total. The van der Waals surface area contributed by atoms with Crippen molar-refractivity contribution in [3.63, 3.8) is 0 Å². The third kappa shape index (κ3) is 4.37. The summed E-state index contributed by atoms with van der Waals surface area (Å²) in [6.45, 7) is 3.58. The van der Waals surface area contributed by atoms with Gasteiger partial charge >= 0.3 is 5.97 Å². The minimum Gasteiger partial charge on any atom is -0.464 e. The van der Waals surface area contributed by atoms with Crippen LogP contribution in [-0.4, -0.2) is 31.6 Å². The Hall–Kier alpha value is -1.88. The first-order valence-electron chi connectivity index (χ1n) is 6.14. The summed E-state index contributed by atoms with van der Waals surface area (Å²) in [6, 6.07) is 8.39. The van der Waals surface area contributed by atoms with Gasteiger partial charge in [-0.1, -0.05) is 30.3 Å². The number of carbonyl (C=O) groups excluding carboxylic acids is 2. The standard InChI is InChI=1S/C14H19NO4/c1-4-19-14(17)10(2)15-13(16)12(18-3)11-8-6-5-7-9-11/h5-10,12H,4H2,1-3H3,(H,15,16)/t10-,12-/m0/s1. The van der Waals surface area contributed by atoms with Crippen molar-refractivity contribution in [1.29, 1.82) is 0 Å². The van der Waals surface area contributed by atoms with Crippen LogP contribution >= 0.6 is 0 Å². The fourth-order valence-corrected chi connectivity index (χ4v) is 1.64. The number of rotatable bonds is 6. The zero-order valence-electron chi connectivity index (χ0n) is 11.4. The molecule has 1 N–H and O–H groups in total. The first-order valence-corrected chi connectivity index (χ1v) is 6.14. The van der Waals surface area contributed by atoms with Gasteiger partial charge in [-0.3, -0.25) is 4.79 Å². The molecule has 0 radical (unpaired) electrons. The maximum atomic E-state index is 12.0. The molecule has 104 valence electrons. The van der Waals surface area contributed by atoms with Gasteiger partial charge in [-0.15, -0.1) is 0 Å². The molecule has 1 aromatic carbocycles. The van der Waals surface area contributed by atoms with E-state index in [1.165, 1.54) is 7.11 Å². The Labute approximate surface area is 112 Å². The SMILES string of the molecule is CCOC(=O)[C@H](C)NC(=O)[C@@H](OC)c1ccccc1. The normalized spacial score (nSPS) is 13.4. The van der Waals surface area contributed by atoms with E-state index in [0.717, 1.165) is 5.56 Å². The molecular weight excluding hydrogens is 246 g/mol. The largest absolute Gasteiger partial charge is 0.464 e. The van der Waals surface area contributed by atoms with Crippen LogP contribution in [0.15, 0.2) is 30.3 Å². The molecule has 0 spiro atoms. The Balaban J connectivity index is 2.68. The smallest absolute Gasteiger partial charge is 0.328 e. The van der Waals surface area contributed by atoms with Gasteiger partial charge in [-0.2, -0.15) is 0 Å². The summed E-state index contributed by atoms with van der Waals surface area (Å²) in [5, 5.41) is 2.58. The average Bonchev–Trinajstić information content (AvgIpc) is 2.41. The van der Waals surface area contributed by atoms with E-state index >= 15 is 0 Å². The minimum atomic E-state index is -0.738. The zero-order valence-corrected chi connectivity index (χ0v) is 11.4. The van der Waals surface area contributed by atoms with E-state index in [2.05, 4.69) is 5.32 Å². The molecule has 2 atom stereocenters. The zero-order chi connectivity index (χ0) is 14.3. The fourth-order valence-electron chi connectivity index (χ4n) is 1.64. The number of ether oxygens (including phenoxy) is 2. The molecule has 5 heteroatoms. The number of nitrogens with one attached hydrogen (secondary N) is 1. The van der Waals surface area contributed by atoms with Crippen molar-refractivity contribution in [1.82, 2.24) is 5.32 Å². The second-order valence-electron chi connectivity index (χ2n) is 4.01. The number of methoxy groups -OCH3 is 1. The summed E-state index contributed by atoms with van der Waals surface area (Å²) in [4.78, 5) is 23.5. The van der Waals surface area contributed by atoms with E-state index in [0.29, 0.717) is 0 Å². The lowest BCUT2D eigenvalue weighted by Crippen LogP contribution is -2.42. The Morgan fingerprint density at radius 1 is 1.26 bits per heavy atom. The van der Waals surface area contributed by atoms with E-state index in [-0.39, 0.29) is 12.5 Å². The third-order valence-electron chi connectivity index (χ3n) is 2.58. The van der Waals surface area contributed by atoms with Gasteiger partial charge in [0.1, 0.15) is 6.04 Å². The highest BCUT2D eigenvalue weighted by atomic mass is 16.5. The molecule has 1 rings (SSSR count). The topological polar surface area (TPSA) is 64.6 Å². The lowest BCUT2D eigenvalue weighted by Gasteiger charge is -2.18. The van der Waals surface area contributed by atoms with Crippen LogP contribution in [0.4, 0.5) is 0 Å². The van der Waals surface area contributed by atoms with Crippen LogP contribution in [0, 0.1) is 0 Å². The molecule has 0 aliphatic heterocycles. The number of benzene rings is 1. The van der Waals surface area contributed by atoms with Crippen LogP contribution in [0.5, 0.6) is 0 Å². The van der Waals surface area contributed by atoms with E-state index in [9.17, 15) is 9.59 Å². The van der Waals surface area contributed by atoms with Gasteiger partial charge in [0.25, 0.3) is 5.91 Å². The Morgan fingerprint density at radius 3 is 2.42 bits per heavy atom. The van der Waals surface area contributed by atoms with Gasteiger partial charge in [-0.05, 0) is 19.4 Å². The third-order valence-corrected chi connectivity index (χ3v) is 2.58. The number of esters is 1. The van der Waals surface area contributed by atoms with Crippen molar-refractivity contribution >= 4 is 11.9 Å². The van der Waals surface area contributed by atoms with Gasteiger partial charge < -0.3 is 14.8 Å². The highest BCUT2D eigenvalue weighted by Crippen LogP contribution is 2.16. The van der Waals surface area contributed by atoms with Gasteiger partial charge in [0.05, 0.1) is 6.61 Å². The summed E-state index contributed by atoms with van der Waals surface area (Å²) in [5.41, 5.74) is 0.735. The van der Waals surface area contributed by atoms with Crippen molar-refractivity contribution < 1.29 is 19.1 Å². The molecule has 0 aliphatic carbocycles. The quantitative estimate of drug-likeness (QED) is 0.790. The van der Waals surface area contributed by atoms with Crippen molar-refractivity contribution in [2.75, 3.05) is 13.7 Å². The maximum absolute atomic E-state index is 12.0. The number of hydrogen-bond acceptors (Lipinski definition) is 4. The summed E-state index contributed by atoms with van der Waals surface area (Å²) >= 11 is 0. The lowest BCUT2D eigenvalue weighted by atomic mass is 10.1. The van der Waals surface area contributed by atoms with Crippen molar-refractivity contribution in [2.24, 2.45) is 0 Å². The van der Waals surface area contributed by atoms with Crippen molar-refractivity contribution in [2.45, 2.75) is 26.0 Å². The molecule has 0 fully saturated rings. The molecular formula is C14H19NO4. The summed E-state index contributed by atoms with van der Waals surface area (Å²) < 4.78 is 10.0. The fraction of sp³-hybridized carbons (Fsp3) is 0.429. The monoisotopic (exact) mass is 265 g/mol. The molecule has 0 saturated heterocycles. The van der Waals surface area contributed by atoms with E-state index in [1.54, 1.807) is 26.0 Å². The Morgan fingerprint density at radius 2 is 1.89 bits per heavy atom. The summed E-state index contributed by atoms with van der Waals surface area (Å²) in [5.74, 6) is -0.826. The van der Waals surface area contributed by atoms with Crippen molar-refractivity contribution in [3.8, 4) is 0 Å². The summed E-state index contributed by atoms with van der Waals surface area (Å²) in [7, 11) is 1.45. The van der Waals surface area contributed by atoms with E-state index in [1.807, 2.05) is 18.2 Å². The van der Waals surface area contributed by atoms with Gasteiger partial charge in [0.15, 0.2) is 6.10 Å². The highest BCUT2D eigenvalue weighted by Gasteiger charge is 2.24. The molecule has 19 heavy (non-hydrogen) atoms. The molecule has 0 heterocycles. The van der Waals surface area contributed by atoms with Crippen LogP contribution in [0.2, 0.25) is 0 Å². The first kappa shape index (κ1) is 15.2. The second-order valence-corrected chi connectivity index (χ2v) is 4.01. The lowest BCUT2D eigenvalue weighted by molar-refractivity contribution is -0.148. The molecule has 1 aromatic rings. The van der Waals surface area contributed by atoms with Gasteiger partial charge in [0, 0.05) is 7.11 Å². The van der Waals surface area contributed by atoms with Crippen LogP contribution in [-0.2, 0) is 19.1 Å². The van der Waals surface area contributed by atoms with Crippen LogP contribution in [0.1, 0.15) is 25.5 Å². The number of hydrogen-bond donors (Lipinski definition) is 1. The number of carbonyl (C=O) groups is 2. The van der Waals surface area contributed by atoms with Crippen molar-refractivity contribution in [3.05, 3.63) is 35.9 Å². The predicted molar refractivity (Wildman–Crippen MR) is 70.4 cm³/mol. The Kier molecular flexibility index (Phi) is 6.02. The predicted octanol–water partition coefficient (Wildman–Crippen LogP) is 1.44. The molecule has 0 aliphatic rings.